The van der Waals surface area contributed by atoms with Crippen LogP contribution in [0.1, 0.15) is 20.7 Å². The predicted octanol–water partition coefficient (Wildman–Crippen LogP) is 3.56. The SMILES string of the molecule is Nc1c(NNC(=O)c2ccc(Cl)cc2Cl)ncnc1Nc1ccc(C(=O)O)cc1. The number of carboxylic acids is 1. The van der Waals surface area contributed by atoms with Crippen LogP contribution in [0.5, 0.6) is 0 Å². The third-order valence-electron chi connectivity index (χ3n) is 3.75. The number of carbonyl (C=O) groups is 2. The van der Waals surface area contributed by atoms with Crippen molar-refractivity contribution in [2.75, 3.05) is 16.5 Å². The number of hydrogen-bond donors (Lipinski definition) is 5. The summed E-state index contributed by atoms with van der Waals surface area (Å²) in [4.78, 5) is 31.2. The number of hydrazine groups is 1. The van der Waals surface area contributed by atoms with E-state index in [0.29, 0.717) is 10.7 Å². The lowest BCUT2D eigenvalue weighted by atomic mass is 10.2. The molecule has 3 aromatic rings. The maximum absolute atomic E-state index is 12.3. The zero-order valence-electron chi connectivity index (χ0n) is 14.6. The Morgan fingerprint density at radius 2 is 1.69 bits per heavy atom. The van der Waals surface area contributed by atoms with Crippen molar-refractivity contribution >= 4 is 58.1 Å². The lowest BCUT2D eigenvalue weighted by Gasteiger charge is -2.13. The van der Waals surface area contributed by atoms with Crippen LogP contribution in [0.15, 0.2) is 48.8 Å². The summed E-state index contributed by atoms with van der Waals surface area (Å²) < 4.78 is 0. The molecule has 1 aromatic heterocycles. The summed E-state index contributed by atoms with van der Waals surface area (Å²) in [5.74, 6) is -1.11. The fraction of sp³-hybridized carbons (Fsp3) is 0. The zero-order valence-corrected chi connectivity index (χ0v) is 16.1. The minimum absolute atomic E-state index is 0.136. The molecule has 29 heavy (non-hydrogen) atoms. The molecule has 3 rings (SSSR count). The molecule has 0 saturated heterocycles. The first-order valence-corrected chi connectivity index (χ1v) is 8.83. The molecule has 9 nitrogen and oxygen atoms in total. The summed E-state index contributed by atoms with van der Waals surface area (Å²) in [6.45, 7) is 0. The molecule has 0 unspecified atom stereocenters. The van der Waals surface area contributed by atoms with Crippen LogP contribution >= 0.6 is 23.2 Å². The molecule has 2 aromatic carbocycles. The molecule has 6 N–H and O–H groups in total. The fourth-order valence-corrected chi connectivity index (χ4v) is 2.78. The van der Waals surface area contributed by atoms with Crippen LogP contribution in [0.4, 0.5) is 23.0 Å². The van der Waals surface area contributed by atoms with E-state index in [4.69, 9.17) is 34.0 Å². The van der Waals surface area contributed by atoms with Gasteiger partial charge in [-0.3, -0.25) is 15.6 Å². The van der Waals surface area contributed by atoms with Crippen LogP contribution in [-0.4, -0.2) is 27.0 Å². The molecular formula is C18H14Cl2N6O3. The Bertz CT molecular complexity index is 1080. The molecule has 0 aliphatic carbocycles. The molecule has 0 saturated carbocycles. The Kier molecular flexibility index (Phi) is 6.01. The van der Waals surface area contributed by atoms with Gasteiger partial charge >= 0.3 is 5.97 Å². The van der Waals surface area contributed by atoms with Crippen LogP contribution in [-0.2, 0) is 0 Å². The molecule has 0 aliphatic heterocycles. The highest BCUT2D eigenvalue weighted by atomic mass is 35.5. The number of nitrogens with two attached hydrogens (primary N) is 1. The van der Waals surface area contributed by atoms with E-state index in [1.165, 1.54) is 30.6 Å². The number of halogens is 2. The molecule has 0 atom stereocenters. The van der Waals surface area contributed by atoms with E-state index in [2.05, 4.69) is 26.1 Å². The minimum atomic E-state index is -1.03. The molecule has 0 aliphatic rings. The van der Waals surface area contributed by atoms with E-state index in [0.717, 1.165) is 0 Å². The second-order valence-electron chi connectivity index (χ2n) is 5.70. The molecule has 148 valence electrons. The summed E-state index contributed by atoms with van der Waals surface area (Å²) >= 11 is 11.8. The van der Waals surface area contributed by atoms with E-state index in [9.17, 15) is 9.59 Å². The van der Waals surface area contributed by atoms with Crippen molar-refractivity contribution in [3.8, 4) is 0 Å². The molecular weight excluding hydrogens is 419 g/mol. The van der Waals surface area contributed by atoms with Crippen molar-refractivity contribution in [1.82, 2.24) is 15.4 Å². The van der Waals surface area contributed by atoms with Crippen LogP contribution < -0.4 is 21.9 Å². The van der Waals surface area contributed by atoms with Crippen molar-refractivity contribution in [3.05, 3.63) is 70.0 Å². The van der Waals surface area contributed by atoms with Crippen molar-refractivity contribution in [3.63, 3.8) is 0 Å². The first-order valence-electron chi connectivity index (χ1n) is 8.07. The number of carboxylic acid groups (broad SMARTS) is 1. The number of nitrogens with one attached hydrogen (secondary N) is 3. The van der Waals surface area contributed by atoms with Gasteiger partial charge in [0.2, 0.25) is 0 Å². The van der Waals surface area contributed by atoms with Crippen LogP contribution in [0, 0.1) is 0 Å². The number of carbonyl (C=O) groups excluding carboxylic acids is 1. The zero-order chi connectivity index (χ0) is 21.0. The summed E-state index contributed by atoms with van der Waals surface area (Å²) in [6, 6.07) is 10.5. The summed E-state index contributed by atoms with van der Waals surface area (Å²) in [5, 5.41) is 12.5. The first-order chi connectivity index (χ1) is 13.8. The number of rotatable bonds is 6. The molecule has 1 heterocycles. The Morgan fingerprint density at radius 3 is 2.34 bits per heavy atom. The Balaban J connectivity index is 1.71. The highest BCUT2D eigenvalue weighted by molar-refractivity contribution is 6.36. The molecule has 0 spiro atoms. The molecule has 1 amide bonds. The fourth-order valence-electron chi connectivity index (χ4n) is 2.28. The average molecular weight is 433 g/mol. The topological polar surface area (TPSA) is 142 Å². The highest BCUT2D eigenvalue weighted by Gasteiger charge is 2.13. The quantitative estimate of drug-likeness (QED) is 0.372. The van der Waals surface area contributed by atoms with Gasteiger partial charge in [0, 0.05) is 10.7 Å². The monoisotopic (exact) mass is 432 g/mol. The molecule has 11 heteroatoms. The lowest BCUT2D eigenvalue weighted by molar-refractivity contribution is 0.0696. The number of benzene rings is 2. The summed E-state index contributed by atoms with van der Waals surface area (Å²) in [6.07, 6.45) is 1.24. The molecule has 0 radical (unpaired) electrons. The maximum Gasteiger partial charge on any atom is 0.335 e. The smallest absolute Gasteiger partial charge is 0.335 e. The number of anilines is 4. The van der Waals surface area contributed by atoms with Crippen LogP contribution in [0.25, 0.3) is 0 Å². The maximum atomic E-state index is 12.3. The van der Waals surface area contributed by atoms with Gasteiger partial charge in [-0.1, -0.05) is 23.2 Å². The molecule has 0 bridgehead atoms. The van der Waals surface area contributed by atoms with Crippen molar-refractivity contribution < 1.29 is 14.7 Å². The third kappa shape index (κ3) is 4.84. The van der Waals surface area contributed by atoms with Gasteiger partial charge in [0.1, 0.15) is 12.0 Å². The number of aromatic nitrogens is 2. The Labute approximate surface area is 174 Å². The highest BCUT2D eigenvalue weighted by Crippen LogP contribution is 2.26. The van der Waals surface area contributed by atoms with Gasteiger partial charge in [-0.15, -0.1) is 0 Å². The van der Waals surface area contributed by atoms with Crippen LogP contribution in [0.2, 0.25) is 10.0 Å². The van der Waals surface area contributed by atoms with Gasteiger partial charge in [0.05, 0.1) is 16.1 Å². The van der Waals surface area contributed by atoms with E-state index in [1.807, 2.05) is 0 Å². The van der Waals surface area contributed by atoms with Gasteiger partial charge in [-0.05, 0) is 42.5 Å². The normalized spacial score (nSPS) is 10.3. The number of amides is 1. The predicted molar refractivity (Wildman–Crippen MR) is 111 cm³/mol. The average Bonchev–Trinajstić information content (AvgIpc) is 2.69. The van der Waals surface area contributed by atoms with Gasteiger partial charge in [0.15, 0.2) is 11.6 Å². The summed E-state index contributed by atoms with van der Waals surface area (Å²) in [5.41, 5.74) is 12.2. The molecule has 0 fully saturated rings. The number of nitrogen functional groups attached to an aromatic ring is 1. The Hall–Kier alpha value is -3.56. The van der Waals surface area contributed by atoms with E-state index in [1.54, 1.807) is 18.2 Å². The van der Waals surface area contributed by atoms with Gasteiger partial charge in [-0.2, -0.15) is 0 Å². The third-order valence-corrected chi connectivity index (χ3v) is 4.30. The van der Waals surface area contributed by atoms with Crippen LogP contribution in [0.3, 0.4) is 0 Å². The summed E-state index contributed by atoms with van der Waals surface area (Å²) in [7, 11) is 0. The number of aromatic carboxylic acids is 1. The largest absolute Gasteiger partial charge is 0.478 e. The second kappa shape index (κ2) is 8.63. The van der Waals surface area contributed by atoms with Gasteiger partial charge in [0.25, 0.3) is 5.91 Å². The number of hydrogen-bond acceptors (Lipinski definition) is 7. The van der Waals surface area contributed by atoms with E-state index >= 15 is 0 Å². The minimum Gasteiger partial charge on any atom is -0.478 e. The van der Waals surface area contributed by atoms with Crippen molar-refractivity contribution in [2.24, 2.45) is 0 Å². The van der Waals surface area contributed by atoms with Crippen molar-refractivity contribution in [2.45, 2.75) is 0 Å². The number of nitrogens with zero attached hydrogens (tertiary/aromatic N) is 2. The van der Waals surface area contributed by atoms with Gasteiger partial charge < -0.3 is 16.2 Å². The van der Waals surface area contributed by atoms with E-state index in [-0.39, 0.29) is 33.5 Å². The first kappa shape index (κ1) is 20.2. The van der Waals surface area contributed by atoms with Gasteiger partial charge in [-0.25, -0.2) is 14.8 Å². The standard InChI is InChI=1S/C18H14Cl2N6O3/c19-10-3-6-12(13(20)7-10)17(27)26-25-16-14(21)15(22-8-23-16)24-11-4-1-9(2-5-11)18(28)29/h1-8H,21H2,(H,26,27)(H,28,29)(H2,22,23,24,25). The second-order valence-corrected chi connectivity index (χ2v) is 6.54. The van der Waals surface area contributed by atoms with Crippen molar-refractivity contribution in [1.29, 1.82) is 0 Å². The van der Waals surface area contributed by atoms with E-state index < -0.39 is 11.9 Å². The lowest BCUT2D eigenvalue weighted by Crippen LogP contribution is -2.30. The Morgan fingerprint density at radius 1 is 1.00 bits per heavy atom.